The zero-order chi connectivity index (χ0) is 14.2. The maximum atomic E-state index is 6.28. The van der Waals surface area contributed by atoms with E-state index < -0.39 is 0 Å². The molecular formula is C17H24N2O. The summed E-state index contributed by atoms with van der Waals surface area (Å²) in [4.78, 5) is 0. The van der Waals surface area contributed by atoms with E-state index in [0.29, 0.717) is 6.54 Å². The highest BCUT2D eigenvalue weighted by molar-refractivity contribution is 5.85. The Morgan fingerprint density at radius 3 is 2.85 bits per heavy atom. The summed E-state index contributed by atoms with van der Waals surface area (Å²) in [6.45, 7) is 6.84. The van der Waals surface area contributed by atoms with Gasteiger partial charge in [0.05, 0.1) is 12.3 Å². The molecule has 2 N–H and O–H groups in total. The van der Waals surface area contributed by atoms with E-state index in [9.17, 15) is 0 Å². The lowest BCUT2D eigenvalue weighted by Gasteiger charge is -2.39. The minimum atomic E-state index is -0.190. The molecule has 0 aliphatic carbocycles. The van der Waals surface area contributed by atoms with Crippen molar-refractivity contribution < 1.29 is 4.74 Å². The molecule has 3 rings (SSSR count). The lowest BCUT2D eigenvalue weighted by molar-refractivity contribution is -0.0875. The van der Waals surface area contributed by atoms with Gasteiger partial charge in [-0.05, 0) is 37.9 Å². The van der Waals surface area contributed by atoms with Crippen molar-refractivity contribution in [2.24, 2.45) is 5.73 Å². The summed E-state index contributed by atoms with van der Waals surface area (Å²) in [6, 6.07) is 8.67. The Morgan fingerprint density at radius 1 is 1.30 bits per heavy atom. The van der Waals surface area contributed by atoms with Crippen LogP contribution in [0.25, 0.3) is 10.9 Å². The average molecular weight is 272 g/mol. The number of ether oxygens (including phenoxy) is 1. The molecule has 2 heterocycles. The third-order valence-electron chi connectivity index (χ3n) is 4.55. The van der Waals surface area contributed by atoms with Crippen LogP contribution in [0.1, 0.15) is 37.4 Å². The lowest BCUT2D eigenvalue weighted by Crippen LogP contribution is -2.40. The summed E-state index contributed by atoms with van der Waals surface area (Å²) in [5.74, 6) is 0. The fraction of sp³-hybridized carbons (Fsp3) is 0.529. The summed E-state index contributed by atoms with van der Waals surface area (Å²) in [7, 11) is 0. The van der Waals surface area contributed by atoms with Crippen molar-refractivity contribution >= 4 is 10.9 Å². The predicted octanol–water partition coefficient (Wildman–Crippen LogP) is 3.32. The molecule has 0 radical (unpaired) electrons. The van der Waals surface area contributed by atoms with Gasteiger partial charge in [0.25, 0.3) is 0 Å². The number of hydrogen-bond donors (Lipinski definition) is 1. The standard InChI is InChI=1S/C17H24N2O/c1-3-8-17(9-10-18)16-13(2)14-6-4-5-7-15(14)19(16)11-12-20-17/h4-7H,3,8-12,18H2,1-2H3. The van der Waals surface area contributed by atoms with Gasteiger partial charge in [-0.3, -0.25) is 0 Å². The molecule has 1 aliphatic heterocycles. The molecule has 20 heavy (non-hydrogen) atoms. The molecule has 0 amide bonds. The molecule has 108 valence electrons. The summed E-state index contributed by atoms with van der Waals surface area (Å²) in [5.41, 5.74) is 9.75. The largest absolute Gasteiger partial charge is 0.367 e. The van der Waals surface area contributed by atoms with Crippen LogP contribution in [-0.4, -0.2) is 17.7 Å². The molecular weight excluding hydrogens is 248 g/mol. The van der Waals surface area contributed by atoms with Crippen molar-refractivity contribution in [3.05, 3.63) is 35.5 Å². The van der Waals surface area contributed by atoms with Crippen LogP contribution in [0.2, 0.25) is 0 Å². The third-order valence-corrected chi connectivity index (χ3v) is 4.55. The number of aryl methyl sites for hydroxylation is 1. The molecule has 0 spiro atoms. The Morgan fingerprint density at radius 2 is 2.10 bits per heavy atom. The van der Waals surface area contributed by atoms with Crippen molar-refractivity contribution in [2.75, 3.05) is 13.2 Å². The smallest absolute Gasteiger partial charge is 0.110 e. The maximum absolute atomic E-state index is 6.28. The molecule has 0 fully saturated rings. The van der Waals surface area contributed by atoms with Crippen LogP contribution < -0.4 is 5.73 Å². The Balaban J connectivity index is 2.25. The second-order valence-corrected chi connectivity index (χ2v) is 5.77. The molecule has 2 aromatic rings. The van der Waals surface area contributed by atoms with E-state index >= 15 is 0 Å². The van der Waals surface area contributed by atoms with Crippen LogP contribution in [0.5, 0.6) is 0 Å². The first-order valence-electron chi connectivity index (χ1n) is 7.66. The van der Waals surface area contributed by atoms with Gasteiger partial charge in [0.15, 0.2) is 0 Å². The minimum absolute atomic E-state index is 0.190. The molecule has 0 saturated heterocycles. The monoisotopic (exact) mass is 272 g/mol. The fourth-order valence-electron chi connectivity index (χ4n) is 3.84. The number of nitrogens with two attached hydrogens (primary N) is 1. The van der Waals surface area contributed by atoms with Crippen LogP contribution in [0.15, 0.2) is 24.3 Å². The van der Waals surface area contributed by atoms with Gasteiger partial charge in [-0.2, -0.15) is 0 Å². The molecule has 0 bridgehead atoms. The SMILES string of the molecule is CCCC1(CCN)OCCn2c1c(C)c1ccccc12. The summed E-state index contributed by atoms with van der Waals surface area (Å²) in [6.07, 6.45) is 3.06. The Labute approximate surface area is 120 Å². The van der Waals surface area contributed by atoms with E-state index in [0.717, 1.165) is 32.4 Å². The van der Waals surface area contributed by atoms with Crippen molar-refractivity contribution in [1.29, 1.82) is 0 Å². The van der Waals surface area contributed by atoms with Gasteiger partial charge in [0.1, 0.15) is 5.60 Å². The van der Waals surface area contributed by atoms with Crippen molar-refractivity contribution in [1.82, 2.24) is 4.57 Å². The zero-order valence-electron chi connectivity index (χ0n) is 12.5. The first kappa shape index (κ1) is 13.7. The number of nitrogens with zero attached hydrogens (tertiary/aromatic N) is 1. The highest BCUT2D eigenvalue weighted by atomic mass is 16.5. The highest BCUT2D eigenvalue weighted by Gasteiger charge is 2.39. The maximum Gasteiger partial charge on any atom is 0.110 e. The highest BCUT2D eigenvalue weighted by Crippen LogP contribution is 2.42. The Bertz CT molecular complexity index is 609. The number of hydrogen-bond acceptors (Lipinski definition) is 2. The third kappa shape index (κ3) is 1.88. The van der Waals surface area contributed by atoms with Crippen molar-refractivity contribution in [3.8, 4) is 0 Å². The predicted molar refractivity (Wildman–Crippen MR) is 82.9 cm³/mol. The summed E-state index contributed by atoms with van der Waals surface area (Å²) >= 11 is 0. The second-order valence-electron chi connectivity index (χ2n) is 5.77. The number of para-hydroxylation sites is 1. The van der Waals surface area contributed by atoms with Crippen LogP contribution in [-0.2, 0) is 16.9 Å². The Kier molecular flexibility index (Phi) is 3.57. The van der Waals surface area contributed by atoms with E-state index in [-0.39, 0.29) is 5.60 Å². The summed E-state index contributed by atoms with van der Waals surface area (Å²) < 4.78 is 8.74. The number of benzene rings is 1. The second kappa shape index (κ2) is 5.23. The average Bonchev–Trinajstić information content (AvgIpc) is 2.75. The molecule has 1 atom stereocenters. The van der Waals surface area contributed by atoms with E-state index in [1.165, 1.54) is 22.2 Å². The van der Waals surface area contributed by atoms with Gasteiger partial charge in [0.2, 0.25) is 0 Å². The topological polar surface area (TPSA) is 40.2 Å². The molecule has 3 nitrogen and oxygen atoms in total. The van der Waals surface area contributed by atoms with Gasteiger partial charge in [0, 0.05) is 17.4 Å². The molecule has 1 aromatic heterocycles. The lowest BCUT2D eigenvalue weighted by atomic mass is 9.86. The van der Waals surface area contributed by atoms with Crippen molar-refractivity contribution in [2.45, 2.75) is 45.3 Å². The van der Waals surface area contributed by atoms with Gasteiger partial charge >= 0.3 is 0 Å². The van der Waals surface area contributed by atoms with E-state index in [1.807, 2.05) is 0 Å². The first-order valence-corrected chi connectivity index (χ1v) is 7.66. The molecule has 0 saturated carbocycles. The van der Waals surface area contributed by atoms with Crippen LogP contribution in [0, 0.1) is 6.92 Å². The van der Waals surface area contributed by atoms with Crippen LogP contribution in [0.4, 0.5) is 0 Å². The van der Waals surface area contributed by atoms with Gasteiger partial charge in [-0.1, -0.05) is 31.5 Å². The number of rotatable bonds is 4. The number of fused-ring (bicyclic) bond motifs is 3. The van der Waals surface area contributed by atoms with Gasteiger partial charge < -0.3 is 15.0 Å². The van der Waals surface area contributed by atoms with E-state index in [2.05, 4.69) is 42.7 Å². The number of aromatic nitrogens is 1. The van der Waals surface area contributed by atoms with Crippen molar-refractivity contribution in [3.63, 3.8) is 0 Å². The summed E-state index contributed by atoms with van der Waals surface area (Å²) in [5, 5.41) is 1.35. The van der Waals surface area contributed by atoms with Gasteiger partial charge in [-0.15, -0.1) is 0 Å². The molecule has 1 aromatic carbocycles. The zero-order valence-corrected chi connectivity index (χ0v) is 12.5. The Hall–Kier alpha value is -1.32. The molecule has 1 aliphatic rings. The quantitative estimate of drug-likeness (QED) is 0.927. The van der Waals surface area contributed by atoms with E-state index in [4.69, 9.17) is 10.5 Å². The first-order chi connectivity index (χ1) is 9.73. The minimum Gasteiger partial charge on any atom is -0.367 e. The fourth-order valence-corrected chi connectivity index (χ4v) is 3.84. The van der Waals surface area contributed by atoms with Crippen LogP contribution in [0.3, 0.4) is 0 Å². The molecule has 1 unspecified atom stereocenters. The normalized spacial score (nSPS) is 22.1. The van der Waals surface area contributed by atoms with Crippen LogP contribution >= 0.6 is 0 Å². The van der Waals surface area contributed by atoms with E-state index in [1.54, 1.807) is 0 Å². The molecule has 3 heteroatoms. The van der Waals surface area contributed by atoms with Gasteiger partial charge in [-0.25, -0.2) is 0 Å².